The number of anilines is 1. The van der Waals surface area contributed by atoms with Gasteiger partial charge in [-0.1, -0.05) is 12.1 Å². The largest absolute Gasteiger partial charge is 0.496 e. The highest BCUT2D eigenvalue weighted by molar-refractivity contribution is 9.10. The number of rotatable bonds is 5. The molecule has 0 heterocycles. The first-order chi connectivity index (χ1) is 11.0. The first-order valence-electron chi connectivity index (χ1n) is 6.56. The van der Waals surface area contributed by atoms with E-state index in [1.54, 1.807) is 31.4 Å². The molecule has 0 saturated carbocycles. The van der Waals surface area contributed by atoms with E-state index in [4.69, 9.17) is 4.74 Å². The number of nitro benzene ring substituents is 1. The van der Waals surface area contributed by atoms with Gasteiger partial charge in [-0.25, -0.2) is 0 Å². The number of benzene rings is 2. The average Bonchev–Trinajstić information content (AvgIpc) is 2.53. The third-order valence-corrected chi connectivity index (χ3v) is 3.55. The first-order valence-corrected chi connectivity index (χ1v) is 7.36. The molecule has 1 amide bonds. The van der Waals surface area contributed by atoms with Gasteiger partial charge in [0.1, 0.15) is 5.75 Å². The lowest BCUT2D eigenvalue weighted by molar-refractivity contribution is -0.384. The molecule has 0 fully saturated rings. The van der Waals surface area contributed by atoms with Gasteiger partial charge >= 0.3 is 0 Å². The monoisotopic (exact) mass is 376 g/mol. The van der Waals surface area contributed by atoms with Gasteiger partial charge in [0.15, 0.2) is 0 Å². The van der Waals surface area contributed by atoms with Crippen molar-refractivity contribution in [2.75, 3.05) is 12.4 Å². The SMILES string of the molecule is COc1ccc(C=CC(=O)Nc2cccc([N+](=O)[O-])c2)cc1Br. The van der Waals surface area contributed by atoms with Crippen LogP contribution in [0.25, 0.3) is 6.08 Å². The Labute approximate surface area is 141 Å². The normalized spacial score (nSPS) is 10.5. The molecule has 0 bridgehead atoms. The predicted molar refractivity (Wildman–Crippen MR) is 91.5 cm³/mol. The Morgan fingerprint density at radius 3 is 2.74 bits per heavy atom. The molecule has 0 atom stereocenters. The summed E-state index contributed by atoms with van der Waals surface area (Å²) in [6, 6.07) is 11.2. The van der Waals surface area contributed by atoms with Gasteiger partial charge in [0.25, 0.3) is 5.69 Å². The van der Waals surface area contributed by atoms with Crippen molar-refractivity contribution in [2.45, 2.75) is 0 Å². The quantitative estimate of drug-likeness (QED) is 0.485. The summed E-state index contributed by atoms with van der Waals surface area (Å²) in [5, 5.41) is 13.3. The van der Waals surface area contributed by atoms with Crippen LogP contribution >= 0.6 is 15.9 Å². The Hall–Kier alpha value is -2.67. The molecule has 0 saturated heterocycles. The highest BCUT2D eigenvalue weighted by atomic mass is 79.9. The van der Waals surface area contributed by atoms with E-state index in [1.807, 2.05) is 6.07 Å². The van der Waals surface area contributed by atoms with Gasteiger partial charge < -0.3 is 10.1 Å². The Bertz CT molecular complexity index is 774. The molecule has 7 heteroatoms. The lowest BCUT2D eigenvalue weighted by Crippen LogP contribution is -2.07. The number of nitro groups is 1. The number of non-ortho nitro benzene ring substituents is 1. The van der Waals surface area contributed by atoms with Crippen molar-refractivity contribution in [3.8, 4) is 5.75 Å². The molecule has 0 aliphatic carbocycles. The van der Waals surface area contributed by atoms with Crippen LogP contribution in [0.2, 0.25) is 0 Å². The van der Waals surface area contributed by atoms with E-state index in [2.05, 4.69) is 21.2 Å². The number of carbonyl (C=O) groups excluding carboxylic acids is 1. The Balaban J connectivity index is 2.05. The van der Waals surface area contributed by atoms with E-state index in [0.29, 0.717) is 11.4 Å². The summed E-state index contributed by atoms with van der Waals surface area (Å²) in [5.41, 5.74) is 1.10. The highest BCUT2D eigenvalue weighted by Gasteiger charge is 2.06. The molecular formula is C16H13BrN2O4. The fourth-order valence-corrected chi connectivity index (χ4v) is 2.40. The number of amides is 1. The van der Waals surface area contributed by atoms with E-state index in [0.717, 1.165) is 10.0 Å². The molecule has 2 aromatic carbocycles. The summed E-state index contributed by atoms with van der Waals surface area (Å²) >= 11 is 3.37. The lowest BCUT2D eigenvalue weighted by atomic mass is 10.2. The van der Waals surface area contributed by atoms with E-state index in [1.165, 1.54) is 24.3 Å². The number of hydrogen-bond donors (Lipinski definition) is 1. The molecule has 2 rings (SSSR count). The molecule has 0 radical (unpaired) electrons. The molecule has 1 N–H and O–H groups in total. The van der Waals surface area contributed by atoms with Crippen molar-refractivity contribution in [2.24, 2.45) is 0 Å². The van der Waals surface area contributed by atoms with Gasteiger partial charge in [0.2, 0.25) is 5.91 Å². The minimum absolute atomic E-state index is 0.0779. The molecule has 0 aliphatic rings. The molecule has 23 heavy (non-hydrogen) atoms. The maximum Gasteiger partial charge on any atom is 0.271 e. The molecule has 0 aliphatic heterocycles. The van der Waals surface area contributed by atoms with Gasteiger partial charge in [-0.15, -0.1) is 0 Å². The number of carbonyl (C=O) groups is 1. The topological polar surface area (TPSA) is 81.5 Å². The van der Waals surface area contributed by atoms with Gasteiger partial charge in [-0.2, -0.15) is 0 Å². The summed E-state index contributed by atoms with van der Waals surface area (Å²) in [7, 11) is 1.57. The van der Waals surface area contributed by atoms with Crippen LogP contribution in [0.1, 0.15) is 5.56 Å². The van der Waals surface area contributed by atoms with Crippen molar-refractivity contribution >= 4 is 39.3 Å². The zero-order valence-corrected chi connectivity index (χ0v) is 13.7. The van der Waals surface area contributed by atoms with Gasteiger partial charge in [-0.3, -0.25) is 14.9 Å². The zero-order chi connectivity index (χ0) is 16.8. The van der Waals surface area contributed by atoms with Crippen LogP contribution in [-0.4, -0.2) is 17.9 Å². The molecule has 0 unspecified atom stereocenters. The van der Waals surface area contributed by atoms with Gasteiger partial charge in [-0.05, 0) is 45.8 Å². The number of nitrogens with zero attached hydrogens (tertiary/aromatic N) is 1. The van der Waals surface area contributed by atoms with E-state index < -0.39 is 4.92 Å². The lowest BCUT2D eigenvalue weighted by Gasteiger charge is -2.04. The molecule has 0 spiro atoms. The number of nitrogens with one attached hydrogen (secondary N) is 1. The fourth-order valence-electron chi connectivity index (χ4n) is 1.84. The van der Waals surface area contributed by atoms with Crippen molar-refractivity contribution in [1.82, 2.24) is 0 Å². The van der Waals surface area contributed by atoms with Crippen molar-refractivity contribution in [1.29, 1.82) is 0 Å². The molecule has 0 aromatic heterocycles. The summed E-state index contributed by atoms with van der Waals surface area (Å²) in [5.74, 6) is 0.320. The molecule has 118 valence electrons. The Morgan fingerprint density at radius 2 is 2.09 bits per heavy atom. The summed E-state index contributed by atoms with van der Waals surface area (Å²) in [6.07, 6.45) is 2.99. The maximum absolute atomic E-state index is 11.9. The van der Waals surface area contributed by atoms with Crippen LogP contribution in [0.4, 0.5) is 11.4 Å². The Kier molecular flexibility index (Phi) is 5.48. The average molecular weight is 377 g/mol. The van der Waals surface area contributed by atoms with Crippen LogP contribution in [0.5, 0.6) is 5.75 Å². The summed E-state index contributed by atoms with van der Waals surface area (Å²) in [4.78, 5) is 22.1. The maximum atomic E-state index is 11.9. The number of hydrogen-bond acceptors (Lipinski definition) is 4. The smallest absolute Gasteiger partial charge is 0.271 e. The molecule has 2 aromatic rings. The number of halogens is 1. The third-order valence-electron chi connectivity index (χ3n) is 2.93. The van der Waals surface area contributed by atoms with Crippen molar-refractivity contribution < 1.29 is 14.5 Å². The van der Waals surface area contributed by atoms with Gasteiger partial charge in [0, 0.05) is 23.9 Å². The summed E-state index contributed by atoms with van der Waals surface area (Å²) < 4.78 is 5.91. The second kappa shape index (κ2) is 7.55. The zero-order valence-electron chi connectivity index (χ0n) is 12.2. The van der Waals surface area contributed by atoms with Crippen molar-refractivity contribution in [3.63, 3.8) is 0 Å². The Morgan fingerprint density at radius 1 is 1.30 bits per heavy atom. The predicted octanol–water partition coefficient (Wildman–Crippen LogP) is 4.02. The minimum Gasteiger partial charge on any atom is -0.496 e. The molecular weight excluding hydrogens is 364 g/mol. The third kappa shape index (κ3) is 4.65. The van der Waals surface area contributed by atoms with Crippen molar-refractivity contribution in [3.05, 3.63) is 68.7 Å². The van der Waals surface area contributed by atoms with Gasteiger partial charge in [0.05, 0.1) is 16.5 Å². The van der Waals surface area contributed by atoms with Crippen LogP contribution in [0.3, 0.4) is 0 Å². The van der Waals surface area contributed by atoms with Crippen LogP contribution in [-0.2, 0) is 4.79 Å². The molecule has 6 nitrogen and oxygen atoms in total. The standard InChI is InChI=1S/C16H13BrN2O4/c1-23-15-7-5-11(9-14(15)17)6-8-16(20)18-12-3-2-4-13(10-12)19(21)22/h2-10H,1H3,(H,18,20). The first kappa shape index (κ1) is 16.7. The van der Waals surface area contributed by atoms with E-state index in [-0.39, 0.29) is 11.6 Å². The van der Waals surface area contributed by atoms with E-state index in [9.17, 15) is 14.9 Å². The minimum atomic E-state index is -0.514. The van der Waals surface area contributed by atoms with Crippen LogP contribution in [0, 0.1) is 10.1 Å². The summed E-state index contributed by atoms with van der Waals surface area (Å²) in [6.45, 7) is 0. The van der Waals surface area contributed by atoms with Crippen LogP contribution in [0.15, 0.2) is 53.0 Å². The number of methoxy groups -OCH3 is 1. The second-order valence-electron chi connectivity index (χ2n) is 4.52. The highest BCUT2D eigenvalue weighted by Crippen LogP contribution is 2.26. The second-order valence-corrected chi connectivity index (χ2v) is 5.38. The van der Waals surface area contributed by atoms with Crippen LogP contribution < -0.4 is 10.1 Å². The fraction of sp³-hybridized carbons (Fsp3) is 0.0625. The number of ether oxygens (including phenoxy) is 1. The van der Waals surface area contributed by atoms with E-state index >= 15 is 0 Å².